The molecule has 14 heavy (non-hydrogen) atoms. The Balaban J connectivity index is 2.58. The van der Waals surface area contributed by atoms with Crippen LogP contribution in [0.5, 0.6) is 0 Å². The van der Waals surface area contributed by atoms with Gasteiger partial charge in [0.25, 0.3) is 0 Å². The summed E-state index contributed by atoms with van der Waals surface area (Å²) >= 11 is 0. The van der Waals surface area contributed by atoms with E-state index < -0.39 is 0 Å². The largest absolute Gasteiger partial charge is 0.453 e. The van der Waals surface area contributed by atoms with E-state index in [0.29, 0.717) is 17.4 Å². The highest BCUT2D eigenvalue weighted by atomic mass is 16.3. The van der Waals surface area contributed by atoms with Gasteiger partial charge in [-0.15, -0.1) is 0 Å². The van der Waals surface area contributed by atoms with Crippen LogP contribution in [-0.4, -0.2) is 15.8 Å². The van der Waals surface area contributed by atoms with E-state index in [4.69, 9.17) is 4.42 Å². The summed E-state index contributed by atoms with van der Waals surface area (Å²) < 4.78 is 5.43. The molecule has 0 atom stereocenters. The van der Waals surface area contributed by atoms with E-state index in [1.807, 2.05) is 6.08 Å². The van der Waals surface area contributed by atoms with Gasteiger partial charge < -0.3 is 4.42 Å². The van der Waals surface area contributed by atoms with Crippen LogP contribution in [0, 0.1) is 0 Å². The minimum Gasteiger partial charge on any atom is -0.453 e. The van der Waals surface area contributed by atoms with Crippen molar-refractivity contribution in [3.8, 4) is 0 Å². The van der Waals surface area contributed by atoms with Crippen LogP contribution >= 0.6 is 0 Å². The Morgan fingerprint density at radius 2 is 2.36 bits per heavy atom. The van der Waals surface area contributed by atoms with Crippen LogP contribution < -0.4 is 10.6 Å². The highest BCUT2D eigenvalue weighted by molar-refractivity contribution is 6.09. The molecule has 0 saturated heterocycles. The molecule has 2 heterocycles. The van der Waals surface area contributed by atoms with Gasteiger partial charge in [-0.25, -0.2) is 9.97 Å². The summed E-state index contributed by atoms with van der Waals surface area (Å²) in [6.45, 7) is 0. The standard InChI is InChI=1S/C10H6N2O2/c13-6-1-2-7-8(3-6)14-9-4-11-5-12-10(7)9/h2-5H,1H2. The lowest BCUT2D eigenvalue weighted by atomic mass is 10.1. The van der Waals surface area contributed by atoms with Crippen LogP contribution in [-0.2, 0) is 4.79 Å². The van der Waals surface area contributed by atoms with Crippen molar-refractivity contribution in [1.82, 2.24) is 9.97 Å². The molecule has 0 radical (unpaired) electrons. The molecule has 0 amide bonds. The number of rotatable bonds is 0. The molecule has 0 spiro atoms. The summed E-state index contributed by atoms with van der Waals surface area (Å²) in [4.78, 5) is 19.1. The Morgan fingerprint density at radius 1 is 1.43 bits per heavy atom. The lowest BCUT2D eigenvalue weighted by Crippen LogP contribution is -2.25. The third kappa shape index (κ3) is 0.907. The van der Waals surface area contributed by atoms with E-state index in [-0.39, 0.29) is 5.78 Å². The van der Waals surface area contributed by atoms with Crippen LogP contribution in [0.4, 0.5) is 0 Å². The first-order valence-electron chi connectivity index (χ1n) is 4.28. The van der Waals surface area contributed by atoms with Crippen LogP contribution in [0.15, 0.2) is 16.9 Å². The zero-order valence-electron chi connectivity index (χ0n) is 7.23. The van der Waals surface area contributed by atoms with Gasteiger partial charge in [0.05, 0.1) is 6.20 Å². The number of carbonyl (C=O) groups excluding carboxylic acids is 1. The Kier molecular flexibility index (Phi) is 1.33. The predicted octanol–water partition coefficient (Wildman–Crippen LogP) is -0.243. The van der Waals surface area contributed by atoms with Gasteiger partial charge in [0, 0.05) is 17.7 Å². The van der Waals surface area contributed by atoms with Crippen LogP contribution in [0.25, 0.3) is 23.3 Å². The minimum absolute atomic E-state index is 0.0597. The highest BCUT2D eigenvalue weighted by Crippen LogP contribution is 2.03. The Labute approximate surface area is 78.6 Å². The summed E-state index contributed by atoms with van der Waals surface area (Å²) in [5, 5.41) is 0.905. The summed E-state index contributed by atoms with van der Waals surface area (Å²) in [6, 6.07) is 0. The Morgan fingerprint density at radius 3 is 3.29 bits per heavy atom. The van der Waals surface area contributed by atoms with Gasteiger partial charge in [-0.3, -0.25) is 4.79 Å². The number of Topliss-reactive ketones (excluding diaryl/α,β-unsaturated/α-hetero) is 1. The fourth-order valence-electron chi connectivity index (χ4n) is 1.60. The van der Waals surface area contributed by atoms with Crippen LogP contribution in [0.3, 0.4) is 0 Å². The lowest BCUT2D eigenvalue weighted by molar-refractivity contribution is -0.112. The van der Waals surface area contributed by atoms with Crippen molar-refractivity contribution in [3.05, 3.63) is 23.2 Å². The Hall–Kier alpha value is -1.97. The molecular formula is C10H6N2O2. The van der Waals surface area contributed by atoms with Gasteiger partial charge in [-0.2, -0.15) is 0 Å². The average Bonchev–Trinajstić information content (AvgIpc) is 2.54. The molecule has 4 nitrogen and oxygen atoms in total. The molecule has 4 heteroatoms. The van der Waals surface area contributed by atoms with Crippen molar-refractivity contribution >= 4 is 29.0 Å². The second-order valence-corrected chi connectivity index (χ2v) is 3.13. The molecule has 1 aliphatic rings. The van der Waals surface area contributed by atoms with E-state index in [1.54, 1.807) is 6.20 Å². The van der Waals surface area contributed by atoms with Gasteiger partial charge in [0.2, 0.25) is 0 Å². The van der Waals surface area contributed by atoms with Gasteiger partial charge in [-0.1, -0.05) is 6.08 Å². The molecule has 2 aromatic heterocycles. The summed E-state index contributed by atoms with van der Waals surface area (Å²) in [7, 11) is 0. The summed E-state index contributed by atoms with van der Waals surface area (Å²) in [5.41, 5.74) is 2.00. The van der Waals surface area contributed by atoms with Crippen molar-refractivity contribution < 1.29 is 9.21 Å². The SMILES string of the molecule is O=C1C=c2oc3cncnc3c2=CC1. The van der Waals surface area contributed by atoms with E-state index in [9.17, 15) is 4.79 Å². The molecule has 0 aromatic carbocycles. The second-order valence-electron chi connectivity index (χ2n) is 3.13. The van der Waals surface area contributed by atoms with Crippen molar-refractivity contribution in [2.24, 2.45) is 0 Å². The zero-order chi connectivity index (χ0) is 9.54. The lowest BCUT2D eigenvalue weighted by Gasteiger charge is -1.90. The molecule has 3 rings (SSSR count). The average molecular weight is 186 g/mol. The molecule has 0 N–H and O–H groups in total. The van der Waals surface area contributed by atoms with Crippen LogP contribution in [0.2, 0.25) is 0 Å². The van der Waals surface area contributed by atoms with E-state index in [1.165, 1.54) is 12.4 Å². The molecule has 2 aromatic rings. The molecule has 0 bridgehead atoms. The molecule has 68 valence electrons. The maximum atomic E-state index is 11.1. The van der Waals surface area contributed by atoms with E-state index in [0.717, 1.165) is 10.7 Å². The zero-order valence-corrected chi connectivity index (χ0v) is 7.23. The molecular weight excluding hydrogens is 180 g/mol. The molecule has 0 saturated carbocycles. The first-order chi connectivity index (χ1) is 6.84. The van der Waals surface area contributed by atoms with Crippen LogP contribution in [0.1, 0.15) is 6.42 Å². The molecule has 1 aliphatic carbocycles. The van der Waals surface area contributed by atoms with Gasteiger partial charge >= 0.3 is 0 Å². The maximum Gasteiger partial charge on any atom is 0.172 e. The third-order valence-electron chi connectivity index (χ3n) is 2.22. The number of ketones is 1. The monoisotopic (exact) mass is 186 g/mol. The second kappa shape index (κ2) is 2.51. The van der Waals surface area contributed by atoms with Gasteiger partial charge in [-0.05, 0) is 0 Å². The molecule has 0 unspecified atom stereocenters. The molecule has 0 aliphatic heterocycles. The van der Waals surface area contributed by atoms with Gasteiger partial charge in [0.1, 0.15) is 17.3 Å². The summed E-state index contributed by atoms with van der Waals surface area (Å²) in [6.07, 6.45) is 6.86. The summed E-state index contributed by atoms with van der Waals surface area (Å²) in [5.74, 6) is 0.0597. The number of hydrogen-bond donors (Lipinski definition) is 0. The number of nitrogens with zero attached hydrogens (tertiary/aromatic N) is 2. The topological polar surface area (TPSA) is 56.0 Å². The normalized spacial score (nSPS) is 14.7. The van der Waals surface area contributed by atoms with Crippen molar-refractivity contribution in [3.63, 3.8) is 0 Å². The smallest absolute Gasteiger partial charge is 0.172 e. The van der Waals surface area contributed by atoms with Crippen molar-refractivity contribution in [2.75, 3.05) is 0 Å². The fourth-order valence-corrected chi connectivity index (χ4v) is 1.60. The first-order valence-corrected chi connectivity index (χ1v) is 4.28. The highest BCUT2D eigenvalue weighted by Gasteiger charge is 2.09. The predicted molar refractivity (Wildman–Crippen MR) is 49.6 cm³/mol. The third-order valence-corrected chi connectivity index (χ3v) is 2.22. The quantitative estimate of drug-likeness (QED) is 0.569. The molecule has 0 fully saturated rings. The number of fused-ring (bicyclic) bond motifs is 3. The van der Waals surface area contributed by atoms with Crippen molar-refractivity contribution in [2.45, 2.75) is 6.42 Å². The van der Waals surface area contributed by atoms with Gasteiger partial charge in [0.15, 0.2) is 11.4 Å². The minimum atomic E-state index is 0.0597. The number of hydrogen-bond acceptors (Lipinski definition) is 4. The van der Waals surface area contributed by atoms with Crippen molar-refractivity contribution in [1.29, 1.82) is 0 Å². The first kappa shape index (κ1) is 7.44. The fraction of sp³-hybridized carbons (Fsp3) is 0.100. The maximum absolute atomic E-state index is 11.1. The number of carbonyl (C=O) groups is 1. The number of furan rings is 1. The number of aromatic nitrogens is 2. The Bertz CT molecular complexity index is 640. The van der Waals surface area contributed by atoms with E-state index in [2.05, 4.69) is 9.97 Å². The van der Waals surface area contributed by atoms with E-state index >= 15 is 0 Å².